The van der Waals surface area contributed by atoms with Crippen LogP contribution in [0.5, 0.6) is 11.5 Å². The maximum atomic E-state index is 13.3. The summed E-state index contributed by atoms with van der Waals surface area (Å²) >= 11 is 6.91. The summed E-state index contributed by atoms with van der Waals surface area (Å²) in [5, 5.41) is 2.30. The third kappa shape index (κ3) is 9.41. The number of benzene rings is 6. The number of halogens is 2. The molecule has 6 nitrogen and oxygen atoms in total. The van der Waals surface area contributed by atoms with Gasteiger partial charge in [0.1, 0.15) is 21.2 Å². The molecule has 0 aliphatic rings. The first-order chi connectivity index (χ1) is 27.6. The second kappa shape index (κ2) is 18.3. The predicted octanol–water partition coefficient (Wildman–Crippen LogP) is 12.5. The molecule has 0 saturated carbocycles. The molecule has 0 radical (unpaired) electrons. The fourth-order valence-corrected chi connectivity index (χ4v) is 11.6. The fourth-order valence-electron chi connectivity index (χ4n) is 6.51. The van der Waals surface area contributed by atoms with E-state index in [4.69, 9.17) is 18.9 Å². The van der Waals surface area contributed by atoms with Gasteiger partial charge in [-0.05, 0) is 97.8 Å². The zero-order valence-corrected chi connectivity index (χ0v) is 36.5. The third-order valence-corrected chi connectivity index (χ3v) is 15.1. The van der Waals surface area contributed by atoms with E-state index in [-0.39, 0.29) is 34.1 Å². The van der Waals surface area contributed by atoms with Crippen LogP contribution in [0, 0.1) is 0 Å². The molecular formula is C47H42Br2O6S2+2. The van der Waals surface area contributed by atoms with Crippen molar-refractivity contribution in [3.05, 3.63) is 157 Å². The molecule has 1 heterocycles. The van der Waals surface area contributed by atoms with Crippen molar-refractivity contribution in [2.24, 2.45) is 0 Å². The topological polar surface area (TPSA) is 71.1 Å². The highest BCUT2D eigenvalue weighted by Crippen LogP contribution is 2.50. The molecule has 0 amide bonds. The number of fused-ring (bicyclic) bond motifs is 3. The van der Waals surface area contributed by atoms with Crippen molar-refractivity contribution in [1.82, 2.24) is 0 Å². The standard InChI is InChI=1S/C47H42Br2O6S2/c1-4-47(3,55-45(50)32(2)48)54-35-24-28-39(29-25-35)57-42-20-12-11-19-40(42)44-33(14-13-21-43(44)57)30-41(49)46(51)53-31-52-34-22-26-38(27-23-34)56(36-15-7-5-8-16-36)37-17-9-6-10-18-37/h5-29,32,41H,4,30-31H2,1-3H3/q+2. The highest BCUT2D eigenvalue weighted by atomic mass is 79.9. The van der Waals surface area contributed by atoms with Gasteiger partial charge in [0.25, 0.3) is 5.79 Å². The Labute approximate surface area is 355 Å². The minimum Gasteiger partial charge on any atom is -0.457 e. The fraction of sp³-hybridized carbons (Fsp3) is 0.191. The Hall–Kier alpha value is -4.61. The Kier molecular flexibility index (Phi) is 13.0. The molecule has 57 heavy (non-hydrogen) atoms. The van der Waals surface area contributed by atoms with Gasteiger partial charge in [0.15, 0.2) is 29.0 Å². The number of hydrogen-bond acceptors (Lipinski definition) is 6. The lowest BCUT2D eigenvalue weighted by atomic mass is 10.0. The van der Waals surface area contributed by atoms with Crippen molar-refractivity contribution in [2.45, 2.75) is 63.7 Å². The van der Waals surface area contributed by atoms with Crippen molar-refractivity contribution in [1.29, 1.82) is 0 Å². The molecule has 4 atom stereocenters. The summed E-state index contributed by atoms with van der Waals surface area (Å²) in [6.45, 7) is 5.22. The van der Waals surface area contributed by atoms with E-state index in [2.05, 4.69) is 147 Å². The zero-order chi connectivity index (χ0) is 39.9. The minimum atomic E-state index is -1.09. The van der Waals surface area contributed by atoms with Crippen LogP contribution in [-0.2, 0) is 36.4 Å². The monoisotopic (exact) mass is 924 g/mol. The van der Waals surface area contributed by atoms with Crippen molar-refractivity contribution in [2.75, 3.05) is 6.79 Å². The van der Waals surface area contributed by atoms with Gasteiger partial charge in [0, 0.05) is 41.3 Å². The van der Waals surface area contributed by atoms with Gasteiger partial charge in [-0.15, -0.1) is 0 Å². The van der Waals surface area contributed by atoms with Crippen LogP contribution in [0.25, 0.3) is 25.1 Å². The Bertz CT molecular complexity index is 2420. The molecule has 290 valence electrons. The molecule has 6 aromatic carbocycles. The largest absolute Gasteiger partial charge is 0.457 e. The van der Waals surface area contributed by atoms with Crippen LogP contribution < -0.4 is 9.47 Å². The Balaban J connectivity index is 1.03. The maximum absolute atomic E-state index is 13.3. The minimum absolute atomic E-state index is 0.197. The number of carbonyl (C=O) groups is 2. The summed E-state index contributed by atoms with van der Waals surface area (Å²) < 4.78 is 25.8. The van der Waals surface area contributed by atoms with Crippen LogP contribution in [0.4, 0.5) is 0 Å². The lowest BCUT2D eigenvalue weighted by Crippen LogP contribution is -2.39. The summed E-state index contributed by atoms with van der Waals surface area (Å²) in [6.07, 6.45) is 0.931. The van der Waals surface area contributed by atoms with Crippen molar-refractivity contribution >= 4 is 85.3 Å². The molecule has 0 N–H and O–H groups in total. The van der Waals surface area contributed by atoms with Crippen LogP contribution in [0.1, 0.15) is 32.8 Å². The molecule has 4 unspecified atom stereocenters. The molecule has 0 aliphatic heterocycles. The maximum Gasteiger partial charge on any atom is 0.322 e. The van der Waals surface area contributed by atoms with E-state index in [0.717, 1.165) is 21.2 Å². The van der Waals surface area contributed by atoms with Gasteiger partial charge in [-0.3, -0.25) is 9.59 Å². The van der Waals surface area contributed by atoms with E-state index in [1.807, 2.05) is 43.3 Å². The molecule has 0 spiro atoms. The number of rotatable bonds is 15. The van der Waals surface area contributed by atoms with E-state index < -0.39 is 21.4 Å². The van der Waals surface area contributed by atoms with Crippen LogP contribution in [-0.4, -0.2) is 34.2 Å². The lowest BCUT2D eigenvalue weighted by Gasteiger charge is -2.29. The van der Waals surface area contributed by atoms with E-state index in [0.29, 0.717) is 24.3 Å². The molecule has 0 saturated heterocycles. The van der Waals surface area contributed by atoms with Gasteiger partial charge in [-0.25, -0.2) is 0 Å². The lowest BCUT2D eigenvalue weighted by molar-refractivity contribution is -0.192. The summed E-state index contributed by atoms with van der Waals surface area (Å²) in [6, 6.07) is 51.7. The number of hydrogen-bond donors (Lipinski definition) is 0. The summed E-state index contributed by atoms with van der Waals surface area (Å²) in [4.78, 5) is 29.4. The molecule has 7 rings (SSSR count). The molecule has 1 aromatic heterocycles. The molecule has 0 fully saturated rings. The highest BCUT2D eigenvalue weighted by molar-refractivity contribution is 9.10. The predicted molar refractivity (Wildman–Crippen MR) is 239 cm³/mol. The van der Waals surface area contributed by atoms with Gasteiger partial charge in [0.05, 0.1) is 16.3 Å². The highest BCUT2D eigenvalue weighted by Gasteiger charge is 2.32. The van der Waals surface area contributed by atoms with Gasteiger partial charge in [-0.1, -0.05) is 99.4 Å². The van der Waals surface area contributed by atoms with Crippen LogP contribution >= 0.6 is 42.3 Å². The van der Waals surface area contributed by atoms with Crippen LogP contribution in [0.15, 0.2) is 166 Å². The van der Waals surface area contributed by atoms with Crippen molar-refractivity contribution < 1.29 is 28.5 Å². The average molecular weight is 927 g/mol. The normalized spacial score (nSPS) is 13.8. The van der Waals surface area contributed by atoms with Gasteiger partial charge < -0.3 is 18.9 Å². The Morgan fingerprint density at radius 3 is 1.89 bits per heavy atom. The first-order valence-corrected chi connectivity index (χ1v) is 22.9. The van der Waals surface area contributed by atoms with Crippen LogP contribution in [0.2, 0.25) is 0 Å². The number of carbonyl (C=O) groups excluding carboxylic acids is 2. The first kappa shape index (κ1) is 40.6. The number of esters is 2. The van der Waals surface area contributed by atoms with Crippen molar-refractivity contribution in [3.63, 3.8) is 0 Å². The number of thiophene rings is 1. The number of alkyl halides is 2. The molecule has 0 bridgehead atoms. The quantitative estimate of drug-likeness (QED) is 0.0441. The first-order valence-electron chi connectivity index (χ1n) is 18.6. The smallest absolute Gasteiger partial charge is 0.322 e. The Morgan fingerprint density at radius 2 is 1.26 bits per heavy atom. The second-order valence-electron chi connectivity index (χ2n) is 13.5. The molecule has 0 aliphatic carbocycles. The summed E-state index contributed by atoms with van der Waals surface area (Å²) in [5.74, 6) is -0.623. The molecular weight excluding hydrogens is 884 g/mol. The van der Waals surface area contributed by atoms with E-state index in [1.165, 1.54) is 24.1 Å². The van der Waals surface area contributed by atoms with E-state index in [1.54, 1.807) is 13.8 Å². The molecule has 7 aromatic rings. The summed E-state index contributed by atoms with van der Waals surface area (Å²) in [7, 11) is -0.640. The van der Waals surface area contributed by atoms with Gasteiger partial charge in [-0.2, -0.15) is 0 Å². The Morgan fingerprint density at radius 1 is 0.684 bits per heavy atom. The van der Waals surface area contributed by atoms with Gasteiger partial charge in [0.2, 0.25) is 6.79 Å². The van der Waals surface area contributed by atoms with Crippen LogP contribution in [0.3, 0.4) is 0 Å². The summed E-state index contributed by atoms with van der Waals surface area (Å²) in [5.41, 5.74) is 1.05. The SMILES string of the molecule is CCC(C)(OC(=O)C(C)Br)Oc1ccc(-[s+]2c3ccccc3c3c(CC(Br)C(=O)OCOc4ccc([S+](c5ccccc5)c5ccccc5)cc4)cccc32)cc1. The average Bonchev–Trinajstić information content (AvgIpc) is 3.57. The molecule has 10 heteroatoms. The van der Waals surface area contributed by atoms with Gasteiger partial charge >= 0.3 is 11.9 Å². The van der Waals surface area contributed by atoms with Crippen molar-refractivity contribution in [3.8, 4) is 16.4 Å². The van der Waals surface area contributed by atoms with E-state index >= 15 is 0 Å². The second-order valence-corrected chi connectivity index (χ2v) is 20.0. The van der Waals surface area contributed by atoms with E-state index in [9.17, 15) is 9.59 Å². The number of ether oxygens (including phenoxy) is 4. The zero-order valence-electron chi connectivity index (χ0n) is 31.7. The third-order valence-electron chi connectivity index (χ3n) is 9.48.